The number of nitrogens with two attached hydrogens (primary N) is 1. The summed E-state index contributed by atoms with van der Waals surface area (Å²) in [6.45, 7) is 12.3. The summed E-state index contributed by atoms with van der Waals surface area (Å²) in [5, 5.41) is 46.4. The molecule has 0 radical (unpaired) electrons. The lowest BCUT2D eigenvalue weighted by Gasteiger charge is -2.43. The summed E-state index contributed by atoms with van der Waals surface area (Å²) in [5.41, 5.74) is 11.0. The van der Waals surface area contributed by atoms with Crippen molar-refractivity contribution in [3.05, 3.63) is 95.9 Å². The van der Waals surface area contributed by atoms with Gasteiger partial charge in [0.25, 0.3) is 0 Å². The Kier molecular flexibility index (Phi) is 15.2. The molecule has 3 aromatic heterocycles. The molecular weight excluding hydrogens is 977 g/mol. The van der Waals surface area contributed by atoms with E-state index >= 15 is 0 Å². The van der Waals surface area contributed by atoms with Crippen molar-refractivity contribution in [1.29, 1.82) is 5.26 Å². The SMILES string of the molecule is CC(C)C(C(=O)N1C[C@H](O)C[C@H]1C(=O)N[C@@H](C)c1ccc(C#N)cc1)c1cc(N2CCC(CN3CCC(OC4CC(Oc5cc(N6C7CCC6CN(c6cc(-c8ccccc8O)nnc6N)C7)ccn5)C4)CC3)CC2)no1. The van der Waals surface area contributed by atoms with E-state index in [-0.39, 0.29) is 60.8 Å². The van der Waals surface area contributed by atoms with Gasteiger partial charge in [0.2, 0.25) is 17.7 Å². The van der Waals surface area contributed by atoms with Crippen molar-refractivity contribution in [1.82, 2.24) is 35.5 Å². The van der Waals surface area contributed by atoms with Crippen LogP contribution in [0.3, 0.4) is 0 Å². The number of β-amino-alcohol motifs (C(OH)–C–C–N with tert-alkyl or cyclic N) is 1. The summed E-state index contributed by atoms with van der Waals surface area (Å²) in [7, 11) is 0. The second kappa shape index (κ2) is 22.5. The highest BCUT2D eigenvalue weighted by Crippen LogP contribution is 2.41. The number of fused-ring (bicyclic) bond motifs is 2. The number of nitrogen functional groups attached to an aromatic ring is 1. The smallest absolute Gasteiger partial charge is 0.243 e. The van der Waals surface area contributed by atoms with Crippen LogP contribution in [0.4, 0.5) is 23.0 Å². The summed E-state index contributed by atoms with van der Waals surface area (Å²) in [4.78, 5) is 43.7. The summed E-state index contributed by atoms with van der Waals surface area (Å²) in [6, 6.07) is 23.7. The lowest BCUT2D eigenvalue weighted by atomic mass is 9.91. The third-order valence-corrected chi connectivity index (χ3v) is 17.1. The normalized spacial score (nSPS) is 24.9. The van der Waals surface area contributed by atoms with Gasteiger partial charge >= 0.3 is 0 Å². The summed E-state index contributed by atoms with van der Waals surface area (Å²) >= 11 is 0. The van der Waals surface area contributed by atoms with Crippen molar-refractivity contribution in [3.8, 4) is 29.0 Å². The summed E-state index contributed by atoms with van der Waals surface area (Å²) in [5.74, 6) is 1.58. The molecule has 5 saturated heterocycles. The van der Waals surface area contributed by atoms with Gasteiger partial charge in [0.15, 0.2) is 17.4 Å². The number of rotatable bonds is 16. The molecule has 2 aromatic carbocycles. The third-order valence-electron chi connectivity index (χ3n) is 17.1. The zero-order valence-electron chi connectivity index (χ0n) is 44.4. The average Bonchev–Trinajstić information content (AvgIpc) is 4.16. The Morgan fingerprint density at radius 1 is 0.857 bits per heavy atom. The molecule has 6 aliphatic rings. The molecule has 1 saturated carbocycles. The van der Waals surface area contributed by atoms with Gasteiger partial charge in [-0.05, 0) is 99.2 Å². The molecule has 2 bridgehead atoms. The molecule has 0 spiro atoms. The number of hydrogen-bond donors (Lipinski definition) is 4. The van der Waals surface area contributed by atoms with Crippen LogP contribution in [0.5, 0.6) is 11.6 Å². The number of para-hydroxylation sites is 1. The molecule has 1 aliphatic carbocycles. The van der Waals surface area contributed by atoms with E-state index in [1.165, 1.54) is 4.90 Å². The minimum Gasteiger partial charge on any atom is -0.507 e. The van der Waals surface area contributed by atoms with Crippen LogP contribution in [-0.4, -0.2) is 147 Å². The quantitative estimate of drug-likeness (QED) is 0.0833. The highest BCUT2D eigenvalue weighted by molar-refractivity contribution is 5.91. The van der Waals surface area contributed by atoms with Crippen LogP contribution in [0, 0.1) is 23.2 Å². The molecule has 5 aromatic rings. The number of carbonyl (C=O) groups excluding carboxylic acids is 2. The second-order valence-corrected chi connectivity index (χ2v) is 22.6. The predicted molar refractivity (Wildman–Crippen MR) is 290 cm³/mol. The van der Waals surface area contributed by atoms with E-state index in [9.17, 15) is 25.1 Å². The maximum Gasteiger partial charge on any atom is 0.243 e. The average molecular weight is 1050 g/mol. The fraction of sp³-hybridized carbons (Fsp3) is 0.534. The number of aromatic nitrogens is 4. The number of piperidine rings is 2. The Labute approximate surface area is 450 Å². The second-order valence-electron chi connectivity index (χ2n) is 22.6. The fourth-order valence-electron chi connectivity index (χ4n) is 12.8. The number of phenolic OH excluding ortho intramolecular Hbond substituents is 1. The molecule has 77 heavy (non-hydrogen) atoms. The zero-order valence-corrected chi connectivity index (χ0v) is 44.4. The first-order valence-electron chi connectivity index (χ1n) is 27.8. The largest absolute Gasteiger partial charge is 0.507 e. The molecule has 6 atom stereocenters. The van der Waals surface area contributed by atoms with Gasteiger partial charge in [-0.3, -0.25) is 9.59 Å². The number of amides is 2. The van der Waals surface area contributed by atoms with E-state index in [1.54, 1.807) is 36.4 Å². The lowest BCUT2D eigenvalue weighted by Crippen LogP contribution is -2.54. The number of carbonyl (C=O) groups is 2. The first kappa shape index (κ1) is 52.1. The summed E-state index contributed by atoms with van der Waals surface area (Å²) in [6.07, 6.45) is 9.75. The highest BCUT2D eigenvalue weighted by Gasteiger charge is 2.45. The number of nitriles is 1. The van der Waals surface area contributed by atoms with Gasteiger partial charge in [0, 0.05) is 113 Å². The van der Waals surface area contributed by atoms with E-state index < -0.39 is 18.1 Å². The lowest BCUT2D eigenvalue weighted by molar-refractivity contribution is -0.141. The van der Waals surface area contributed by atoms with Gasteiger partial charge in [0.05, 0.1) is 47.4 Å². The minimum atomic E-state index is -0.825. The number of ether oxygens (including phenoxy) is 2. The van der Waals surface area contributed by atoms with Crippen molar-refractivity contribution >= 4 is 34.8 Å². The number of nitrogens with zero attached hydrogens (tertiary/aromatic N) is 10. The number of pyridine rings is 1. The number of aromatic hydroxyl groups is 1. The topological polar surface area (TPSA) is 236 Å². The predicted octanol–water partition coefficient (Wildman–Crippen LogP) is 6.43. The first-order chi connectivity index (χ1) is 37.3. The van der Waals surface area contributed by atoms with Crippen LogP contribution >= 0.6 is 0 Å². The number of aliphatic hydroxyl groups excluding tert-OH is 1. The fourth-order valence-corrected chi connectivity index (χ4v) is 12.8. The number of phenols is 1. The minimum absolute atomic E-state index is 0.0646. The van der Waals surface area contributed by atoms with Crippen molar-refractivity contribution < 1.29 is 33.8 Å². The molecule has 11 rings (SSSR count). The van der Waals surface area contributed by atoms with Gasteiger partial charge < -0.3 is 59.8 Å². The van der Waals surface area contributed by atoms with Gasteiger partial charge in [-0.2, -0.15) is 5.26 Å². The van der Waals surface area contributed by atoms with Gasteiger partial charge in [-0.1, -0.05) is 43.3 Å². The maximum atomic E-state index is 14.3. The summed E-state index contributed by atoms with van der Waals surface area (Å²) < 4.78 is 19.0. The molecule has 3 unspecified atom stereocenters. The molecule has 8 heterocycles. The van der Waals surface area contributed by atoms with Crippen LogP contribution in [0.15, 0.2) is 83.5 Å². The molecule has 5 aliphatic heterocycles. The van der Waals surface area contributed by atoms with Crippen LogP contribution in [0.1, 0.15) is 107 Å². The van der Waals surface area contributed by atoms with E-state index in [2.05, 4.69) is 63.5 Å². The maximum absolute atomic E-state index is 14.3. The molecular formula is C58H72N12O7. The van der Waals surface area contributed by atoms with E-state index in [0.29, 0.717) is 52.3 Å². The van der Waals surface area contributed by atoms with E-state index in [4.69, 9.17) is 19.7 Å². The Morgan fingerprint density at radius 3 is 2.31 bits per heavy atom. The van der Waals surface area contributed by atoms with Crippen LogP contribution in [0.25, 0.3) is 11.3 Å². The van der Waals surface area contributed by atoms with Crippen LogP contribution in [0.2, 0.25) is 0 Å². The number of likely N-dealkylation sites (tertiary alicyclic amines) is 2. The number of hydrogen-bond acceptors (Lipinski definition) is 17. The van der Waals surface area contributed by atoms with Gasteiger partial charge in [0.1, 0.15) is 23.8 Å². The molecule has 19 heteroatoms. The van der Waals surface area contributed by atoms with Crippen molar-refractivity contribution in [2.75, 3.05) is 72.8 Å². The Morgan fingerprint density at radius 2 is 1.60 bits per heavy atom. The number of benzene rings is 2. The Bertz CT molecular complexity index is 2900. The van der Waals surface area contributed by atoms with Crippen LogP contribution in [-0.2, 0) is 14.3 Å². The number of anilines is 4. The molecule has 406 valence electrons. The third kappa shape index (κ3) is 11.4. The molecule has 2 amide bonds. The molecule has 19 nitrogen and oxygen atoms in total. The van der Waals surface area contributed by atoms with E-state index in [0.717, 1.165) is 120 Å². The molecule has 5 N–H and O–H groups in total. The number of piperazine rings is 1. The monoisotopic (exact) mass is 1050 g/mol. The Balaban J connectivity index is 0.600. The Hall–Kier alpha value is -7.01. The van der Waals surface area contributed by atoms with Crippen molar-refractivity contribution in [3.63, 3.8) is 0 Å². The number of nitrogens with one attached hydrogen (secondary N) is 1. The zero-order chi connectivity index (χ0) is 53.3. The van der Waals surface area contributed by atoms with Gasteiger partial charge in [-0.15, -0.1) is 10.2 Å². The first-order valence-corrected chi connectivity index (χ1v) is 27.8. The highest BCUT2D eigenvalue weighted by atomic mass is 16.5. The van der Waals surface area contributed by atoms with Crippen LogP contribution < -0.4 is 30.5 Å². The molecule has 6 fully saturated rings. The number of aliphatic hydroxyl groups is 1. The van der Waals surface area contributed by atoms with Gasteiger partial charge in [-0.25, -0.2) is 4.98 Å². The van der Waals surface area contributed by atoms with Crippen molar-refractivity contribution in [2.24, 2.45) is 11.8 Å². The van der Waals surface area contributed by atoms with Crippen molar-refractivity contribution in [2.45, 2.75) is 133 Å². The standard InChI is InChI=1S/C58H72N12O7/c1-35(2)55(58(74)69-34-43(71)25-50(69)57(73)62-36(3)39-10-8-37(30-59)9-11-39)52-29-53(65-77-52)67-22-15-38(16-23-67)31-66-20-17-44(18-21-66)75-45-26-46(27-45)76-54-24-40(14-19-61-54)70-41-12-13-42(70)33-68(32-41)49-28-48(63-64-56(49)60)47-6-4-5-7-51(47)72/h4-11,14,19,24,28-29,35-36,38,41-46,50,55,71-72H,12-13,15-18,20-23,25-27,31-34H2,1-3H3,(H2,60,64)(H,62,73)/t36-,41?,42?,43+,45?,46?,50-,55?/m0/s1. The van der Waals surface area contributed by atoms with E-state index in [1.807, 2.05) is 51.2 Å².